The average molecular weight is 244 g/mol. The Morgan fingerprint density at radius 1 is 1.39 bits per heavy atom. The van der Waals surface area contributed by atoms with Gasteiger partial charge in [0.2, 0.25) is 0 Å². The standard InChI is InChI=1S/C15H20N2O/c1-10-7-12(16-2)4-6-14(10)15(18)17-9-11-3-5-13(17)8-11/h4,6-7,11,13,16H,3,5,8-9H2,1-2H3. The lowest BCUT2D eigenvalue weighted by atomic mass is 10.0. The Kier molecular flexibility index (Phi) is 2.77. The number of piperidine rings is 1. The molecular weight excluding hydrogens is 224 g/mol. The van der Waals surface area contributed by atoms with Gasteiger partial charge in [-0.25, -0.2) is 0 Å². The highest BCUT2D eigenvalue weighted by atomic mass is 16.2. The first kappa shape index (κ1) is 11.6. The van der Waals surface area contributed by atoms with Gasteiger partial charge in [0, 0.05) is 30.9 Å². The number of nitrogens with one attached hydrogen (secondary N) is 1. The summed E-state index contributed by atoms with van der Waals surface area (Å²) in [7, 11) is 1.90. The summed E-state index contributed by atoms with van der Waals surface area (Å²) in [6.45, 7) is 2.99. The first-order valence-corrected chi connectivity index (χ1v) is 6.78. The number of likely N-dealkylation sites (tertiary alicyclic amines) is 1. The van der Waals surface area contributed by atoms with Gasteiger partial charge in [0.1, 0.15) is 0 Å². The molecule has 3 nitrogen and oxygen atoms in total. The summed E-state index contributed by atoms with van der Waals surface area (Å²) < 4.78 is 0. The van der Waals surface area contributed by atoms with Crippen LogP contribution < -0.4 is 5.32 Å². The summed E-state index contributed by atoms with van der Waals surface area (Å²) in [4.78, 5) is 14.7. The van der Waals surface area contributed by atoms with Gasteiger partial charge in [-0.15, -0.1) is 0 Å². The van der Waals surface area contributed by atoms with Gasteiger partial charge >= 0.3 is 0 Å². The Morgan fingerprint density at radius 2 is 2.22 bits per heavy atom. The number of aryl methyl sites for hydroxylation is 1. The Hall–Kier alpha value is -1.51. The lowest BCUT2D eigenvalue weighted by molar-refractivity contribution is 0.0703. The number of hydrogen-bond donors (Lipinski definition) is 1. The number of hydrogen-bond acceptors (Lipinski definition) is 2. The summed E-state index contributed by atoms with van der Waals surface area (Å²) >= 11 is 0. The van der Waals surface area contributed by atoms with Gasteiger partial charge in [0.15, 0.2) is 0 Å². The number of anilines is 1. The smallest absolute Gasteiger partial charge is 0.254 e. The third-order valence-electron chi connectivity index (χ3n) is 4.42. The van der Waals surface area contributed by atoms with E-state index in [1.54, 1.807) is 0 Å². The molecule has 3 rings (SSSR count). The molecule has 96 valence electrons. The van der Waals surface area contributed by atoms with Crippen molar-refractivity contribution < 1.29 is 4.79 Å². The van der Waals surface area contributed by atoms with E-state index in [-0.39, 0.29) is 5.91 Å². The van der Waals surface area contributed by atoms with Crippen LogP contribution in [-0.2, 0) is 0 Å². The molecule has 2 unspecified atom stereocenters. The molecule has 1 aromatic carbocycles. The lowest BCUT2D eigenvalue weighted by Gasteiger charge is -2.27. The zero-order valence-electron chi connectivity index (χ0n) is 11.1. The van der Waals surface area contributed by atoms with E-state index >= 15 is 0 Å². The van der Waals surface area contributed by atoms with E-state index < -0.39 is 0 Å². The van der Waals surface area contributed by atoms with Crippen molar-refractivity contribution in [2.45, 2.75) is 32.2 Å². The van der Waals surface area contributed by atoms with E-state index in [0.29, 0.717) is 6.04 Å². The zero-order chi connectivity index (χ0) is 12.7. The molecule has 2 fully saturated rings. The quantitative estimate of drug-likeness (QED) is 0.867. The maximum Gasteiger partial charge on any atom is 0.254 e. The van der Waals surface area contributed by atoms with E-state index in [1.165, 1.54) is 19.3 Å². The first-order valence-electron chi connectivity index (χ1n) is 6.78. The molecule has 1 amide bonds. The van der Waals surface area contributed by atoms with Crippen LogP contribution in [0.15, 0.2) is 18.2 Å². The average Bonchev–Trinajstić information content (AvgIpc) is 3.00. The van der Waals surface area contributed by atoms with Crippen LogP contribution in [0.25, 0.3) is 0 Å². The fourth-order valence-electron chi connectivity index (χ4n) is 3.39. The van der Waals surface area contributed by atoms with Crippen molar-refractivity contribution in [3.8, 4) is 0 Å². The van der Waals surface area contributed by atoms with Crippen molar-refractivity contribution in [3.63, 3.8) is 0 Å². The van der Waals surface area contributed by atoms with Gasteiger partial charge in [0.05, 0.1) is 0 Å². The van der Waals surface area contributed by atoms with Crippen LogP contribution in [0.3, 0.4) is 0 Å². The summed E-state index contributed by atoms with van der Waals surface area (Å²) in [6.07, 6.45) is 3.73. The van der Waals surface area contributed by atoms with Crippen LogP contribution in [0.1, 0.15) is 35.2 Å². The Bertz CT molecular complexity index is 483. The molecule has 1 N–H and O–H groups in total. The third kappa shape index (κ3) is 1.78. The second kappa shape index (κ2) is 4.30. The minimum Gasteiger partial charge on any atom is -0.388 e. The third-order valence-corrected chi connectivity index (χ3v) is 4.42. The summed E-state index contributed by atoms with van der Waals surface area (Å²) in [5.74, 6) is 0.984. The molecule has 1 aliphatic carbocycles. The number of benzene rings is 1. The second-order valence-electron chi connectivity index (χ2n) is 5.57. The predicted molar refractivity (Wildman–Crippen MR) is 72.9 cm³/mol. The zero-order valence-corrected chi connectivity index (χ0v) is 11.1. The molecule has 1 saturated carbocycles. The van der Waals surface area contributed by atoms with Crippen LogP contribution in [0.2, 0.25) is 0 Å². The highest BCUT2D eigenvalue weighted by Gasteiger charge is 2.40. The van der Waals surface area contributed by atoms with Gasteiger partial charge in [-0.05, 0) is 55.9 Å². The summed E-state index contributed by atoms with van der Waals surface area (Å²) in [5.41, 5.74) is 2.99. The van der Waals surface area contributed by atoms with Crippen molar-refractivity contribution >= 4 is 11.6 Å². The highest BCUT2D eigenvalue weighted by molar-refractivity contribution is 5.96. The van der Waals surface area contributed by atoms with Crippen LogP contribution in [0, 0.1) is 12.8 Å². The summed E-state index contributed by atoms with van der Waals surface area (Å²) in [6, 6.07) is 6.48. The molecule has 18 heavy (non-hydrogen) atoms. The highest BCUT2D eigenvalue weighted by Crippen LogP contribution is 2.38. The van der Waals surface area contributed by atoms with E-state index in [0.717, 1.165) is 29.3 Å². The maximum absolute atomic E-state index is 12.6. The Balaban J connectivity index is 1.84. The van der Waals surface area contributed by atoms with Crippen molar-refractivity contribution in [1.29, 1.82) is 0 Å². The number of carbonyl (C=O) groups is 1. The molecule has 3 heteroatoms. The van der Waals surface area contributed by atoms with Crippen LogP contribution in [0.4, 0.5) is 5.69 Å². The van der Waals surface area contributed by atoms with Crippen molar-refractivity contribution in [2.24, 2.45) is 5.92 Å². The Morgan fingerprint density at radius 3 is 2.78 bits per heavy atom. The predicted octanol–water partition coefficient (Wildman–Crippen LogP) is 2.66. The van der Waals surface area contributed by atoms with Gasteiger partial charge < -0.3 is 10.2 Å². The molecule has 2 aliphatic rings. The van der Waals surface area contributed by atoms with E-state index in [4.69, 9.17) is 0 Å². The van der Waals surface area contributed by atoms with Gasteiger partial charge in [-0.1, -0.05) is 0 Å². The molecule has 0 spiro atoms. The topological polar surface area (TPSA) is 32.3 Å². The first-order chi connectivity index (χ1) is 8.69. The molecule has 1 saturated heterocycles. The van der Waals surface area contributed by atoms with E-state index in [1.807, 2.05) is 32.2 Å². The van der Waals surface area contributed by atoms with Crippen molar-refractivity contribution in [3.05, 3.63) is 29.3 Å². The number of amides is 1. The molecule has 1 heterocycles. The molecule has 1 aliphatic heterocycles. The maximum atomic E-state index is 12.6. The lowest BCUT2D eigenvalue weighted by Crippen LogP contribution is -2.37. The number of carbonyl (C=O) groups excluding carboxylic acids is 1. The van der Waals surface area contributed by atoms with Crippen molar-refractivity contribution in [2.75, 3.05) is 18.9 Å². The minimum absolute atomic E-state index is 0.224. The molecule has 2 atom stereocenters. The van der Waals surface area contributed by atoms with E-state index in [2.05, 4.69) is 10.2 Å². The van der Waals surface area contributed by atoms with Crippen molar-refractivity contribution in [1.82, 2.24) is 4.90 Å². The monoisotopic (exact) mass is 244 g/mol. The van der Waals surface area contributed by atoms with Crippen LogP contribution in [0.5, 0.6) is 0 Å². The van der Waals surface area contributed by atoms with Gasteiger partial charge in [-0.2, -0.15) is 0 Å². The Labute approximate surface area is 108 Å². The fourth-order valence-corrected chi connectivity index (χ4v) is 3.39. The van der Waals surface area contributed by atoms with E-state index in [9.17, 15) is 4.79 Å². The number of rotatable bonds is 2. The fraction of sp³-hybridized carbons (Fsp3) is 0.533. The number of nitrogens with zero attached hydrogens (tertiary/aromatic N) is 1. The van der Waals surface area contributed by atoms with Crippen LogP contribution >= 0.6 is 0 Å². The molecule has 2 bridgehead atoms. The minimum atomic E-state index is 0.224. The van der Waals surface area contributed by atoms with Gasteiger partial charge in [0.25, 0.3) is 5.91 Å². The summed E-state index contributed by atoms with van der Waals surface area (Å²) in [5, 5.41) is 3.11. The molecule has 0 radical (unpaired) electrons. The molecule has 1 aromatic rings. The SMILES string of the molecule is CNc1ccc(C(=O)N2CC3CCC2C3)c(C)c1. The van der Waals surface area contributed by atoms with Crippen LogP contribution in [-0.4, -0.2) is 30.4 Å². The van der Waals surface area contributed by atoms with Gasteiger partial charge in [-0.3, -0.25) is 4.79 Å². The second-order valence-corrected chi connectivity index (χ2v) is 5.57. The molecule has 0 aromatic heterocycles. The normalized spacial score (nSPS) is 25.6. The largest absolute Gasteiger partial charge is 0.388 e. The molecular formula is C15H20N2O. The number of fused-ring (bicyclic) bond motifs is 2.